The molecule has 0 bridgehead atoms. The number of hydrogen-bond donors (Lipinski definition) is 3. The van der Waals surface area contributed by atoms with Crippen LogP contribution in [0.2, 0.25) is 0 Å². The molecule has 0 unspecified atom stereocenters. The Morgan fingerprint density at radius 2 is 1.94 bits per heavy atom. The molecule has 0 saturated carbocycles. The summed E-state index contributed by atoms with van der Waals surface area (Å²) in [5.41, 5.74) is 6.98. The summed E-state index contributed by atoms with van der Waals surface area (Å²) in [7, 11) is 0. The number of carbonyl (C=O) groups is 1. The van der Waals surface area contributed by atoms with E-state index >= 15 is 0 Å². The Hall–Kier alpha value is -1.75. The van der Waals surface area contributed by atoms with Crippen molar-refractivity contribution in [3.8, 4) is 0 Å². The largest absolute Gasteiger partial charge is 0.384 e. The highest BCUT2D eigenvalue weighted by atomic mass is 16.5. The topological polar surface area (TPSA) is 76.4 Å². The fraction of sp³-hybridized carbons (Fsp3) is 0.417. The first kappa shape index (κ1) is 11.7. The van der Waals surface area contributed by atoms with Gasteiger partial charge in [-0.1, -0.05) is 6.92 Å². The lowest BCUT2D eigenvalue weighted by atomic mass is 9.89. The summed E-state index contributed by atoms with van der Waals surface area (Å²) in [6, 6.07) is 6.90. The number of benzene rings is 1. The van der Waals surface area contributed by atoms with Crippen LogP contribution in [0.3, 0.4) is 0 Å². The molecule has 0 atom stereocenters. The Morgan fingerprint density at radius 3 is 2.41 bits per heavy atom. The fourth-order valence-corrected chi connectivity index (χ4v) is 1.68. The normalized spacial score (nSPS) is 17.0. The number of rotatable bonds is 4. The number of hydrogen-bond acceptors (Lipinski definition) is 3. The van der Waals surface area contributed by atoms with Crippen molar-refractivity contribution in [3.63, 3.8) is 0 Å². The van der Waals surface area contributed by atoms with Crippen molar-refractivity contribution in [3.05, 3.63) is 24.3 Å². The van der Waals surface area contributed by atoms with Gasteiger partial charge >= 0.3 is 6.03 Å². The number of ether oxygens (including phenoxy) is 1. The second-order valence-corrected chi connectivity index (χ2v) is 4.72. The van der Waals surface area contributed by atoms with Crippen molar-refractivity contribution in [2.24, 2.45) is 11.1 Å². The number of anilines is 2. The molecule has 1 fully saturated rings. The Kier molecular flexibility index (Phi) is 3.19. The predicted molar refractivity (Wildman–Crippen MR) is 67.1 cm³/mol. The second kappa shape index (κ2) is 4.63. The van der Waals surface area contributed by atoms with Crippen LogP contribution in [0.1, 0.15) is 6.92 Å². The molecule has 1 aliphatic heterocycles. The van der Waals surface area contributed by atoms with Crippen molar-refractivity contribution >= 4 is 17.4 Å². The molecule has 17 heavy (non-hydrogen) atoms. The van der Waals surface area contributed by atoms with E-state index in [4.69, 9.17) is 10.5 Å². The molecular formula is C12H17N3O2. The lowest BCUT2D eigenvalue weighted by molar-refractivity contribution is -0.0924. The minimum absolute atomic E-state index is 0.240. The van der Waals surface area contributed by atoms with E-state index in [9.17, 15) is 4.79 Å². The Labute approximate surface area is 100 Å². The zero-order chi connectivity index (χ0) is 12.3. The number of nitrogens with one attached hydrogen (secondary N) is 2. The van der Waals surface area contributed by atoms with E-state index in [1.165, 1.54) is 0 Å². The first-order valence-corrected chi connectivity index (χ1v) is 5.56. The summed E-state index contributed by atoms with van der Waals surface area (Å²) < 4.78 is 5.19. The van der Waals surface area contributed by atoms with E-state index in [2.05, 4.69) is 17.6 Å². The summed E-state index contributed by atoms with van der Waals surface area (Å²) in [4.78, 5) is 10.6. The summed E-state index contributed by atoms with van der Waals surface area (Å²) in [6.07, 6.45) is 0. The summed E-state index contributed by atoms with van der Waals surface area (Å²) in [5, 5.41) is 5.86. The zero-order valence-corrected chi connectivity index (χ0v) is 9.82. The Balaban J connectivity index is 1.87. The third-order valence-corrected chi connectivity index (χ3v) is 2.77. The number of carbonyl (C=O) groups excluding carboxylic acids is 1. The summed E-state index contributed by atoms with van der Waals surface area (Å²) in [5.74, 6) is 0. The molecule has 0 spiro atoms. The highest BCUT2D eigenvalue weighted by Gasteiger charge is 2.32. The van der Waals surface area contributed by atoms with Gasteiger partial charge in [-0.05, 0) is 24.3 Å². The van der Waals surface area contributed by atoms with Crippen molar-refractivity contribution in [1.29, 1.82) is 0 Å². The van der Waals surface area contributed by atoms with E-state index in [-0.39, 0.29) is 5.41 Å². The number of primary amides is 1. The van der Waals surface area contributed by atoms with Crippen LogP contribution in [-0.4, -0.2) is 25.8 Å². The van der Waals surface area contributed by atoms with Crippen LogP contribution in [0, 0.1) is 5.41 Å². The van der Waals surface area contributed by atoms with Gasteiger partial charge in [-0.15, -0.1) is 0 Å². The van der Waals surface area contributed by atoms with E-state index in [0.29, 0.717) is 5.69 Å². The van der Waals surface area contributed by atoms with Gasteiger partial charge in [0.25, 0.3) is 0 Å². The van der Waals surface area contributed by atoms with Crippen molar-refractivity contribution in [2.75, 3.05) is 30.4 Å². The van der Waals surface area contributed by atoms with Gasteiger partial charge in [-0.2, -0.15) is 0 Å². The van der Waals surface area contributed by atoms with Gasteiger partial charge in [-0.3, -0.25) is 0 Å². The predicted octanol–water partition coefficient (Wildman–Crippen LogP) is 1.63. The lowest BCUT2D eigenvalue weighted by Crippen LogP contribution is -2.45. The highest BCUT2D eigenvalue weighted by molar-refractivity contribution is 5.87. The molecule has 1 aliphatic rings. The van der Waals surface area contributed by atoms with Crippen LogP contribution in [-0.2, 0) is 4.74 Å². The molecule has 1 aromatic carbocycles. The Morgan fingerprint density at radius 1 is 1.35 bits per heavy atom. The van der Waals surface area contributed by atoms with Crippen LogP contribution in [0.15, 0.2) is 24.3 Å². The van der Waals surface area contributed by atoms with E-state index in [1.54, 1.807) is 0 Å². The third-order valence-electron chi connectivity index (χ3n) is 2.77. The summed E-state index contributed by atoms with van der Waals surface area (Å²) >= 11 is 0. The SMILES string of the molecule is CC1(CNc2ccc(NC(N)=O)cc2)COC1. The Bertz CT molecular complexity index is 399. The highest BCUT2D eigenvalue weighted by Crippen LogP contribution is 2.26. The zero-order valence-electron chi connectivity index (χ0n) is 9.82. The third kappa shape index (κ3) is 3.10. The first-order chi connectivity index (χ1) is 8.07. The molecule has 0 aliphatic carbocycles. The standard InChI is InChI=1S/C12H17N3O2/c1-12(7-17-8-12)6-14-9-2-4-10(5-3-9)15-11(13)16/h2-5,14H,6-8H2,1H3,(H3,13,15,16). The quantitative estimate of drug-likeness (QED) is 0.742. The molecule has 1 aromatic rings. The summed E-state index contributed by atoms with van der Waals surface area (Å²) in [6.45, 7) is 4.69. The molecule has 2 rings (SSSR count). The molecule has 5 heteroatoms. The number of urea groups is 1. The van der Waals surface area contributed by atoms with Crippen molar-refractivity contribution in [2.45, 2.75) is 6.92 Å². The van der Waals surface area contributed by atoms with Crippen LogP contribution in [0.25, 0.3) is 0 Å². The maximum atomic E-state index is 10.6. The fourth-order valence-electron chi connectivity index (χ4n) is 1.68. The van der Waals surface area contributed by atoms with Crippen LogP contribution in [0.4, 0.5) is 16.2 Å². The van der Waals surface area contributed by atoms with Crippen molar-refractivity contribution < 1.29 is 9.53 Å². The average Bonchev–Trinajstić information content (AvgIpc) is 2.25. The second-order valence-electron chi connectivity index (χ2n) is 4.72. The monoisotopic (exact) mass is 235 g/mol. The first-order valence-electron chi connectivity index (χ1n) is 5.56. The molecule has 1 heterocycles. The maximum absolute atomic E-state index is 10.6. The number of amides is 2. The molecule has 0 aromatic heterocycles. The molecule has 4 N–H and O–H groups in total. The van der Waals surface area contributed by atoms with Gasteiger partial charge in [0, 0.05) is 23.3 Å². The molecule has 2 amide bonds. The van der Waals surface area contributed by atoms with E-state index in [1.807, 2.05) is 24.3 Å². The van der Waals surface area contributed by atoms with Gasteiger partial charge in [0.2, 0.25) is 0 Å². The molecule has 1 saturated heterocycles. The van der Waals surface area contributed by atoms with Crippen molar-refractivity contribution in [1.82, 2.24) is 0 Å². The average molecular weight is 235 g/mol. The van der Waals surface area contributed by atoms with Gasteiger partial charge < -0.3 is 21.1 Å². The molecule has 5 nitrogen and oxygen atoms in total. The van der Waals surface area contributed by atoms with Gasteiger partial charge in [0.15, 0.2) is 0 Å². The van der Waals surface area contributed by atoms with Gasteiger partial charge in [0.1, 0.15) is 0 Å². The minimum atomic E-state index is -0.551. The molecule has 92 valence electrons. The van der Waals surface area contributed by atoms with Crippen LogP contribution >= 0.6 is 0 Å². The van der Waals surface area contributed by atoms with Gasteiger partial charge in [0.05, 0.1) is 13.2 Å². The molecule has 0 radical (unpaired) electrons. The number of nitrogens with two attached hydrogens (primary N) is 1. The maximum Gasteiger partial charge on any atom is 0.316 e. The van der Waals surface area contributed by atoms with Gasteiger partial charge in [-0.25, -0.2) is 4.79 Å². The molecular weight excluding hydrogens is 218 g/mol. The van der Waals surface area contributed by atoms with E-state index in [0.717, 1.165) is 25.4 Å². The lowest BCUT2D eigenvalue weighted by Gasteiger charge is -2.38. The minimum Gasteiger partial charge on any atom is -0.384 e. The van der Waals surface area contributed by atoms with E-state index < -0.39 is 6.03 Å². The smallest absolute Gasteiger partial charge is 0.316 e. The van der Waals surface area contributed by atoms with Crippen LogP contribution < -0.4 is 16.4 Å². The van der Waals surface area contributed by atoms with Crippen LogP contribution in [0.5, 0.6) is 0 Å².